The Hall–Kier alpha value is -1.13. The highest BCUT2D eigenvalue weighted by atomic mass is 35.5. The summed E-state index contributed by atoms with van der Waals surface area (Å²) >= 11 is 0. The second kappa shape index (κ2) is 5.27. The maximum Gasteiger partial charge on any atom is 0.253 e. The quantitative estimate of drug-likeness (QED) is 0.812. The van der Waals surface area contributed by atoms with E-state index in [0.717, 1.165) is 6.42 Å². The van der Waals surface area contributed by atoms with Crippen LogP contribution >= 0.6 is 12.4 Å². The highest BCUT2D eigenvalue weighted by Gasteiger charge is 2.24. The van der Waals surface area contributed by atoms with Gasteiger partial charge in [-0.25, -0.2) is 4.39 Å². The molecule has 1 amide bonds. The van der Waals surface area contributed by atoms with Crippen molar-refractivity contribution in [1.29, 1.82) is 0 Å². The third-order valence-electron chi connectivity index (χ3n) is 2.60. The fourth-order valence-electron chi connectivity index (χ4n) is 1.75. The third-order valence-corrected chi connectivity index (χ3v) is 2.60. The molecular weight excluding hydrogens is 231 g/mol. The lowest BCUT2D eigenvalue weighted by Crippen LogP contribution is -2.31. The molecule has 5 heteroatoms. The van der Waals surface area contributed by atoms with E-state index in [9.17, 15) is 9.18 Å². The lowest BCUT2D eigenvalue weighted by atomic mass is 10.2. The fourth-order valence-corrected chi connectivity index (χ4v) is 1.75. The molecule has 2 N–H and O–H groups in total. The summed E-state index contributed by atoms with van der Waals surface area (Å²) < 4.78 is 12.6. The number of nitrogens with two attached hydrogens (primary N) is 1. The number of carbonyl (C=O) groups excluding carboxylic acids is 1. The molecule has 0 saturated carbocycles. The lowest BCUT2D eigenvalue weighted by Gasteiger charge is -2.15. The van der Waals surface area contributed by atoms with Crippen LogP contribution < -0.4 is 5.73 Å². The first-order valence-corrected chi connectivity index (χ1v) is 4.97. The Morgan fingerprint density at radius 1 is 1.38 bits per heavy atom. The molecule has 1 aliphatic heterocycles. The largest absolute Gasteiger partial charge is 0.337 e. The van der Waals surface area contributed by atoms with Gasteiger partial charge in [0.05, 0.1) is 0 Å². The van der Waals surface area contributed by atoms with Crippen LogP contribution in [-0.4, -0.2) is 29.9 Å². The Balaban J connectivity index is 0.00000128. The van der Waals surface area contributed by atoms with Crippen molar-refractivity contribution in [3.63, 3.8) is 0 Å². The number of rotatable bonds is 1. The molecule has 0 unspecified atom stereocenters. The summed E-state index contributed by atoms with van der Waals surface area (Å²) in [7, 11) is 0. The van der Waals surface area contributed by atoms with Crippen LogP contribution in [0.25, 0.3) is 0 Å². The molecule has 1 aromatic carbocycles. The van der Waals surface area contributed by atoms with Gasteiger partial charge in [-0.1, -0.05) is 0 Å². The van der Waals surface area contributed by atoms with Gasteiger partial charge in [0.15, 0.2) is 0 Å². The molecule has 88 valence electrons. The second-order valence-electron chi connectivity index (χ2n) is 3.81. The molecule has 1 fully saturated rings. The molecule has 0 bridgehead atoms. The Labute approximate surface area is 99.8 Å². The van der Waals surface area contributed by atoms with Crippen LogP contribution in [0.5, 0.6) is 0 Å². The van der Waals surface area contributed by atoms with Gasteiger partial charge in [0, 0.05) is 24.7 Å². The molecule has 0 radical (unpaired) electrons. The Kier molecular flexibility index (Phi) is 4.26. The first kappa shape index (κ1) is 12.9. The minimum absolute atomic E-state index is 0. The monoisotopic (exact) mass is 244 g/mol. The van der Waals surface area contributed by atoms with Gasteiger partial charge in [-0.2, -0.15) is 0 Å². The number of hydrogen-bond donors (Lipinski definition) is 1. The number of carbonyl (C=O) groups is 1. The van der Waals surface area contributed by atoms with E-state index in [2.05, 4.69) is 0 Å². The van der Waals surface area contributed by atoms with Gasteiger partial charge in [-0.05, 0) is 30.7 Å². The van der Waals surface area contributed by atoms with Gasteiger partial charge in [-0.15, -0.1) is 12.4 Å². The van der Waals surface area contributed by atoms with E-state index in [1.807, 2.05) is 0 Å². The molecule has 0 aromatic heterocycles. The first-order chi connectivity index (χ1) is 7.16. The smallest absolute Gasteiger partial charge is 0.253 e. The topological polar surface area (TPSA) is 46.3 Å². The van der Waals surface area contributed by atoms with Crippen molar-refractivity contribution in [3.8, 4) is 0 Å². The lowest BCUT2D eigenvalue weighted by molar-refractivity contribution is 0.0791. The van der Waals surface area contributed by atoms with E-state index in [1.165, 1.54) is 24.3 Å². The molecule has 3 nitrogen and oxygen atoms in total. The van der Waals surface area contributed by atoms with Crippen LogP contribution in [-0.2, 0) is 0 Å². The molecule has 1 aromatic rings. The average molecular weight is 245 g/mol. The summed E-state index contributed by atoms with van der Waals surface area (Å²) in [6, 6.07) is 5.67. The Morgan fingerprint density at radius 2 is 2.00 bits per heavy atom. The van der Waals surface area contributed by atoms with E-state index in [4.69, 9.17) is 5.73 Å². The van der Waals surface area contributed by atoms with Crippen molar-refractivity contribution in [2.45, 2.75) is 12.5 Å². The zero-order valence-corrected chi connectivity index (χ0v) is 9.54. The van der Waals surface area contributed by atoms with Crippen molar-refractivity contribution in [3.05, 3.63) is 35.6 Å². The minimum atomic E-state index is -0.329. The molecule has 2 rings (SSSR count). The van der Waals surface area contributed by atoms with Crippen molar-refractivity contribution in [1.82, 2.24) is 4.90 Å². The standard InChI is InChI=1S/C11H13FN2O.ClH/c12-9-3-1-8(2-4-9)11(15)14-6-5-10(13)7-14;/h1-4,10H,5-7,13H2;1H/t10-;/m0./s1. The third kappa shape index (κ3) is 2.71. The molecule has 0 aliphatic carbocycles. The number of hydrogen-bond acceptors (Lipinski definition) is 2. The summed E-state index contributed by atoms with van der Waals surface area (Å²) in [4.78, 5) is 13.6. The van der Waals surface area contributed by atoms with Crippen molar-refractivity contribution in [2.24, 2.45) is 5.73 Å². The number of nitrogens with zero attached hydrogens (tertiary/aromatic N) is 1. The number of likely N-dealkylation sites (tertiary alicyclic amines) is 1. The van der Waals surface area contributed by atoms with Crippen LogP contribution in [0.2, 0.25) is 0 Å². The molecule has 1 saturated heterocycles. The molecular formula is C11H14ClFN2O. The SMILES string of the molecule is Cl.N[C@H]1CCN(C(=O)c2ccc(F)cc2)C1. The predicted molar refractivity (Wildman–Crippen MR) is 62.1 cm³/mol. The molecule has 1 atom stereocenters. The van der Waals surface area contributed by atoms with Crippen LogP contribution in [0.4, 0.5) is 4.39 Å². The van der Waals surface area contributed by atoms with Crippen LogP contribution in [0, 0.1) is 5.82 Å². The highest BCUT2D eigenvalue weighted by Crippen LogP contribution is 2.12. The molecule has 1 aliphatic rings. The number of halogens is 2. The van der Waals surface area contributed by atoms with Gasteiger partial charge in [0.1, 0.15) is 5.82 Å². The van der Waals surface area contributed by atoms with Gasteiger partial charge in [0.25, 0.3) is 5.91 Å². The van der Waals surface area contributed by atoms with E-state index >= 15 is 0 Å². The van der Waals surface area contributed by atoms with E-state index in [-0.39, 0.29) is 30.2 Å². The van der Waals surface area contributed by atoms with E-state index in [1.54, 1.807) is 4.90 Å². The summed E-state index contributed by atoms with van der Waals surface area (Å²) in [5, 5.41) is 0. The Morgan fingerprint density at radius 3 is 2.50 bits per heavy atom. The van der Waals surface area contributed by atoms with Gasteiger partial charge in [-0.3, -0.25) is 4.79 Å². The zero-order chi connectivity index (χ0) is 10.8. The van der Waals surface area contributed by atoms with Crippen molar-refractivity contribution >= 4 is 18.3 Å². The maximum absolute atomic E-state index is 12.6. The van der Waals surface area contributed by atoms with Crippen LogP contribution in [0.3, 0.4) is 0 Å². The summed E-state index contributed by atoms with van der Waals surface area (Å²) in [5.74, 6) is -0.396. The van der Waals surface area contributed by atoms with Gasteiger partial charge in [0.2, 0.25) is 0 Å². The predicted octanol–water partition coefficient (Wildman–Crippen LogP) is 1.42. The first-order valence-electron chi connectivity index (χ1n) is 4.97. The fraction of sp³-hybridized carbons (Fsp3) is 0.364. The normalized spacial score (nSPS) is 19.4. The maximum atomic E-state index is 12.6. The number of amides is 1. The summed E-state index contributed by atoms with van der Waals surface area (Å²) in [6.45, 7) is 1.29. The van der Waals surface area contributed by atoms with Crippen LogP contribution in [0.1, 0.15) is 16.8 Å². The van der Waals surface area contributed by atoms with E-state index in [0.29, 0.717) is 18.7 Å². The molecule has 0 spiro atoms. The van der Waals surface area contributed by atoms with Crippen molar-refractivity contribution < 1.29 is 9.18 Å². The average Bonchev–Trinajstić information content (AvgIpc) is 2.65. The zero-order valence-electron chi connectivity index (χ0n) is 8.73. The highest BCUT2D eigenvalue weighted by molar-refractivity contribution is 5.94. The molecule has 1 heterocycles. The summed E-state index contributed by atoms with van der Waals surface area (Å²) in [6.07, 6.45) is 0.840. The van der Waals surface area contributed by atoms with E-state index < -0.39 is 0 Å². The van der Waals surface area contributed by atoms with Gasteiger partial charge >= 0.3 is 0 Å². The number of benzene rings is 1. The van der Waals surface area contributed by atoms with Crippen molar-refractivity contribution in [2.75, 3.05) is 13.1 Å². The minimum Gasteiger partial charge on any atom is -0.337 e. The van der Waals surface area contributed by atoms with Gasteiger partial charge < -0.3 is 10.6 Å². The van der Waals surface area contributed by atoms with Crippen LogP contribution in [0.15, 0.2) is 24.3 Å². The molecule has 16 heavy (non-hydrogen) atoms. The Bertz CT molecular complexity index is 369. The summed E-state index contributed by atoms with van der Waals surface area (Å²) in [5.41, 5.74) is 6.23. The second-order valence-corrected chi connectivity index (χ2v) is 3.81.